The first kappa shape index (κ1) is 36.9. The summed E-state index contributed by atoms with van der Waals surface area (Å²) in [4.78, 5) is 7.25. The molecule has 2 aromatic heterocycles. The maximum atomic E-state index is 2.46. The van der Waals surface area contributed by atoms with Crippen LogP contribution in [0.3, 0.4) is 0 Å². The van der Waals surface area contributed by atoms with Gasteiger partial charge in [-0.25, -0.2) is 0 Å². The summed E-state index contributed by atoms with van der Waals surface area (Å²) in [5.74, 6) is 0. The van der Waals surface area contributed by atoms with Crippen molar-refractivity contribution >= 4 is 114 Å². The van der Waals surface area contributed by atoms with Crippen molar-refractivity contribution in [1.82, 2.24) is 0 Å². The molecule has 0 aliphatic heterocycles. The third-order valence-corrected chi connectivity index (χ3v) is 13.8. The minimum absolute atomic E-state index is 1.05. The number of fused-ring (bicyclic) bond motifs is 6. The lowest BCUT2D eigenvalue weighted by molar-refractivity contribution is 1.22. The van der Waals surface area contributed by atoms with E-state index in [-0.39, 0.29) is 0 Å². The van der Waals surface area contributed by atoms with Crippen LogP contribution in [0.2, 0.25) is 0 Å². The predicted octanol–water partition coefficient (Wildman–Crippen LogP) is 17.4. The summed E-state index contributed by atoms with van der Waals surface area (Å²) in [6.07, 6.45) is 0. The summed E-state index contributed by atoms with van der Waals surface area (Å²) in [7, 11) is 0. The second-order valence-electron chi connectivity index (χ2n) is 15.6. The molecule has 0 unspecified atom stereocenters. The monoisotopic (exact) mass is 819 g/mol. The number of aryl methyl sites for hydroxylation is 2. The van der Waals surface area contributed by atoms with Gasteiger partial charge < -0.3 is 14.7 Å². The highest BCUT2D eigenvalue weighted by molar-refractivity contribution is 7.26. The summed E-state index contributed by atoms with van der Waals surface area (Å²) in [5.41, 5.74) is 12.1. The second-order valence-corrected chi connectivity index (χ2v) is 17.8. The van der Waals surface area contributed by atoms with Crippen LogP contribution in [-0.2, 0) is 0 Å². The molecule has 0 aliphatic carbocycles. The highest BCUT2D eigenvalue weighted by Crippen LogP contribution is 2.48. The van der Waals surface area contributed by atoms with Gasteiger partial charge in [-0.2, -0.15) is 0 Å². The quantitative estimate of drug-likeness (QED) is 0.144. The van der Waals surface area contributed by atoms with E-state index in [1.54, 1.807) is 0 Å². The van der Waals surface area contributed by atoms with E-state index in [0.717, 1.165) is 51.2 Å². The SMILES string of the molecule is Cc1cccc(N(c2ccccc2)c2cc(N(c3ccccc3)c3cccc(C)c3)cc(N(c3ccc4sc5ccccc5c4c3)c3ccc4sc5ccccc5c4c3)c2)c1. The fourth-order valence-corrected chi connectivity index (χ4v) is 10.9. The molecule has 11 aromatic rings. The van der Waals surface area contributed by atoms with Gasteiger partial charge in [-0.05, 0) is 140 Å². The Morgan fingerprint density at radius 1 is 0.246 bits per heavy atom. The molecule has 0 fully saturated rings. The summed E-state index contributed by atoms with van der Waals surface area (Å²) < 4.78 is 5.15. The number of nitrogens with zero attached hydrogens (tertiary/aromatic N) is 3. The highest BCUT2D eigenvalue weighted by atomic mass is 32.1. The van der Waals surface area contributed by atoms with E-state index >= 15 is 0 Å². The summed E-state index contributed by atoms with van der Waals surface area (Å²) in [6, 6.07) is 77.7. The number of anilines is 9. The van der Waals surface area contributed by atoms with Crippen LogP contribution in [-0.4, -0.2) is 0 Å². The van der Waals surface area contributed by atoms with Gasteiger partial charge in [0, 0.05) is 74.5 Å². The molecule has 0 amide bonds. The zero-order valence-corrected chi connectivity index (χ0v) is 35.5. The van der Waals surface area contributed by atoms with Crippen LogP contribution in [0.15, 0.2) is 212 Å². The van der Waals surface area contributed by atoms with Crippen molar-refractivity contribution in [3.8, 4) is 0 Å². The van der Waals surface area contributed by atoms with Gasteiger partial charge in [0.25, 0.3) is 0 Å². The normalized spacial score (nSPS) is 11.4. The summed E-state index contributed by atoms with van der Waals surface area (Å²) >= 11 is 3.71. The minimum Gasteiger partial charge on any atom is -0.310 e. The Morgan fingerprint density at radius 3 is 1.02 bits per heavy atom. The molecule has 0 atom stereocenters. The van der Waals surface area contributed by atoms with Gasteiger partial charge in [-0.15, -0.1) is 22.7 Å². The van der Waals surface area contributed by atoms with Gasteiger partial charge in [0.15, 0.2) is 0 Å². The van der Waals surface area contributed by atoms with Crippen molar-refractivity contribution in [2.75, 3.05) is 14.7 Å². The molecule has 292 valence electrons. The number of thiophene rings is 2. The number of para-hydroxylation sites is 2. The Hall–Kier alpha value is -7.18. The zero-order valence-electron chi connectivity index (χ0n) is 33.9. The van der Waals surface area contributed by atoms with Gasteiger partial charge >= 0.3 is 0 Å². The zero-order chi connectivity index (χ0) is 40.9. The fraction of sp³-hybridized carbons (Fsp3) is 0.0357. The molecule has 5 heteroatoms. The number of rotatable bonds is 9. The molecule has 0 saturated carbocycles. The van der Waals surface area contributed by atoms with Gasteiger partial charge in [0.05, 0.1) is 17.1 Å². The van der Waals surface area contributed by atoms with Crippen LogP contribution in [0.5, 0.6) is 0 Å². The molecular formula is C56H41N3S2. The van der Waals surface area contributed by atoms with Crippen LogP contribution >= 0.6 is 22.7 Å². The van der Waals surface area contributed by atoms with E-state index < -0.39 is 0 Å². The van der Waals surface area contributed by atoms with E-state index in [4.69, 9.17) is 0 Å². The van der Waals surface area contributed by atoms with Gasteiger partial charge in [0.2, 0.25) is 0 Å². The van der Waals surface area contributed by atoms with Crippen LogP contribution in [0.4, 0.5) is 51.2 Å². The first-order valence-corrected chi connectivity index (χ1v) is 22.3. The number of hydrogen-bond donors (Lipinski definition) is 0. The van der Waals surface area contributed by atoms with E-state index in [0.29, 0.717) is 0 Å². The molecule has 9 aromatic carbocycles. The van der Waals surface area contributed by atoms with E-state index in [2.05, 4.69) is 241 Å². The minimum atomic E-state index is 1.05. The Morgan fingerprint density at radius 2 is 0.590 bits per heavy atom. The van der Waals surface area contributed by atoms with E-state index in [1.807, 2.05) is 22.7 Å². The molecule has 3 nitrogen and oxygen atoms in total. The molecule has 0 radical (unpaired) electrons. The molecule has 0 N–H and O–H groups in total. The molecule has 61 heavy (non-hydrogen) atoms. The Kier molecular flexibility index (Phi) is 9.34. The van der Waals surface area contributed by atoms with E-state index in [1.165, 1.54) is 51.5 Å². The molecular weight excluding hydrogens is 779 g/mol. The average Bonchev–Trinajstić information content (AvgIpc) is 3.86. The van der Waals surface area contributed by atoms with Gasteiger partial charge in [-0.3, -0.25) is 0 Å². The third kappa shape index (κ3) is 6.88. The topological polar surface area (TPSA) is 9.72 Å². The standard InChI is InChI=1S/C56H41N3S2/c1-38-15-13-21-42(31-38)57(40-17-5-3-6-18-40)46-33-47(58(41-19-7-4-8-20-41)43-22-14-16-39(2)32-43)35-48(34-46)59(44-27-29-55-51(36-44)49-23-9-11-25-53(49)60-55)45-28-30-56-52(37-45)50-24-10-12-26-54(50)61-56/h3-37H,1-2H3. The molecule has 0 aliphatic rings. The average molecular weight is 820 g/mol. The fourth-order valence-electron chi connectivity index (χ4n) is 8.70. The lowest BCUT2D eigenvalue weighted by atomic mass is 10.1. The van der Waals surface area contributed by atoms with Gasteiger partial charge in [0.1, 0.15) is 0 Å². The van der Waals surface area contributed by atoms with E-state index in [9.17, 15) is 0 Å². The number of hydrogen-bond acceptors (Lipinski definition) is 5. The Labute approximate surface area is 364 Å². The lowest BCUT2D eigenvalue weighted by Crippen LogP contribution is -2.16. The van der Waals surface area contributed by atoms with Crippen LogP contribution in [0, 0.1) is 13.8 Å². The lowest BCUT2D eigenvalue weighted by Gasteiger charge is -2.33. The van der Waals surface area contributed by atoms with Crippen LogP contribution in [0.25, 0.3) is 40.3 Å². The molecule has 2 heterocycles. The third-order valence-electron chi connectivity index (χ3n) is 11.4. The molecule has 0 spiro atoms. The maximum absolute atomic E-state index is 2.46. The predicted molar refractivity (Wildman–Crippen MR) is 266 cm³/mol. The van der Waals surface area contributed by atoms with Crippen molar-refractivity contribution in [1.29, 1.82) is 0 Å². The summed E-state index contributed by atoms with van der Waals surface area (Å²) in [6.45, 7) is 4.33. The maximum Gasteiger partial charge on any atom is 0.0503 e. The second kappa shape index (κ2) is 15.4. The highest BCUT2D eigenvalue weighted by Gasteiger charge is 2.23. The smallest absolute Gasteiger partial charge is 0.0503 e. The Balaban J connectivity index is 1.23. The Bertz CT molecular complexity index is 3150. The molecule has 0 bridgehead atoms. The first-order chi connectivity index (χ1) is 30.0. The number of benzene rings is 9. The molecule has 11 rings (SSSR count). The first-order valence-electron chi connectivity index (χ1n) is 20.7. The van der Waals surface area contributed by atoms with Crippen LogP contribution < -0.4 is 14.7 Å². The van der Waals surface area contributed by atoms with Crippen molar-refractivity contribution in [2.24, 2.45) is 0 Å². The molecule has 0 saturated heterocycles. The van der Waals surface area contributed by atoms with Gasteiger partial charge in [-0.1, -0.05) is 97.1 Å². The van der Waals surface area contributed by atoms with Crippen LogP contribution in [0.1, 0.15) is 11.1 Å². The van der Waals surface area contributed by atoms with Crippen molar-refractivity contribution in [2.45, 2.75) is 13.8 Å². The summed E-state index contributed by atoms with van der Waals surface area (Å²) in [5, 5.41) is 5.08. The van der Waals surface area contributed by atoms with Crippen molar-refractivity contribution in [3.63, 3.8) is 0 Å². The van der Waals surface area contributed by atoms with Crippen molar-refractivity contribution < 1.29 is 0 Å². The van der Waals surface area contributed by atoms with Crippen molar-refractivity contribution in [3.05, 3.63) is 223 Å². The largest absolute Gasteiger partial charge is 0.310 e.